The molecule has 1 aliphatic rings. The number of halogens is 1. The molecular weight excluding hydrogens is 276 g/mol. The molecule has 0 bridgehead atoms. The molecule has 1 heterocycles. The molecule has 1 atom stereocenters. The van der Waals surface area contributed by atoms with E-state index in [2.05, 4.69) is 5.16 Å². The first-order valence-corrected chi connectivity index (χ1v) is 7.21. The van der Waals surface area contributed by atoms with Gasteiger partial charge in [-0.25, -0.2) is 0 Å². The molecular formula is C15H19ClN2O2. The second-order valence-corrected chi connectivity index (χ2v) is 5.51. The number of rotatable bonds is 2. The van der Waals surface area contributed by atoms with Crippen molar-refractivity contribution in [3.63, 3.8) is 0 Å². The number of amides is 1. The van der Waals surface area contributed by atoms with Crippen molar-refractivity contribution in [2.45, 2.75) is 26.7 Å². The van der Waals surface area contributed by atoms with E-state index in [1.54, 1.807) is 11.0 Å². The normalized spacial score (nSPS) is 21.2. The van der Waals surface area contributed by atoms with Crippen LogP contribution in [0.5, 0.6) is 0 Å². The molecule has 1 aromatic rings. The van der Waals surface area contributed by atoms with Gasteiger partial charge in [-0.1, -0.05) is 35.8 Å². The highest BCUT2D eigenvalue weighted by molar-refractivity contribution is 6.34. The van der Waals surface area contributed by atoms with Gasteiger partial charge in [0.15, 0.2) is 0 Å². The molecule has 0 aliphatic carbocycles. The summed E-state index contributed by atoms with van der Waals surface area (Å²) in [6.07, 6.45) is 1.47. The zero-order valence-electron chi connectivity index (χ0n) is 11.8. The van der Waals surface area contributed by atoms with Gasteiger partial charge >= 0.3 is 0 Å². The second-order valence-electron chi connectivity index (χ2n) is 5.13. The summed E-state index contributed by atoms with van der Waals surface area (Å²) in [7, 11) is 0. The number of hydrogen-bond acceptors (Lipinski definition) is 3. The average Bonchev–Trinajstić information content (AvgIpc) is 2.48. The number of likely N-dealkylation sites (tertiary alicyclic amines) is 1. The Labute approximate surface area is 124 Å². The third-order valence-corrected chi connectivity index (χ3v) is 4.38. The standard InChI is InChI=1S/C15H19ClN2O2/c1-3-11-9-18(8-7-13(11)17-20)15(19)12-6-4-5-10(2)14(12)16/h4-6,11,20H,3,7-9H2,1-2H3/b17-13+. The van der Waals surface area contributed by atoms with Crippen molar-refractivity contribution in [2.75, 3.05) is 13.1 Å². The van der Waals surface area contributed by atoms with Crippen LogP contribution in [0.4, 0.5) is 0 Å². The number of benzene rings is 1. The fourth-order valence-corrected chi connectivity index (χ4v) is 2.79. The van der Waals surface area contributed by atoms with Gasteiger partial charge < -0.3 is 10.1 Å². The lowest BCUT2D eigenvalue weighted by Crippen LogP contribution is -2.44. The molecule has 0 saturated carbocycles. The molecule has 0 spiro atoms. The van der Waals surface area contributed by atoms with Gasteiger partial charge in [-0.3, -0.25) is 4.79 Å². The minimum Gasteiger partial charge on any atom is -0.411 e. The topological polar surface area (TPSA) is 52.9 Å². The van der Waals surface area contributed by atoms with Crippen molar-refractivity contribution in [1.82, 2.24) is 4.90 Å². The Kier molecular flexibility index (Phi) is 4.65. The van der Waals surface area contributed by atoms with Gasteiger partial charge in [-0.15, -0.1) is 0 Å². The SMILES string of the molecule is CCC1CN(C(=O)c2cccc(C)c2Cl)CC/C1=N\O. The maximum absolute atomic E-state index is 12.6. The summed E-state index contributed by atoms with van der Waals surface area (Å²) in [5.41, 5.74) is 2.23. The number of hydrogen-bond donors (Lipinski definition) is 1. The lowest BCUT2D eigenvalue weighted by atomic mass is 9.92. The van der Waals surface area contributed by atoms with Crippen LogP contribution in [0.15, 0.2) is 23.4 Å². The van der Waals surface area contributed by atoms with E-state index in [4.69, 9.17) is 16.8 Å². The summed E-state index contributed by atoms with van der Waals surface area (Å²) in [6, 6.07) is 5.49. The van der Waals surface area contributed by atoms with E-state index in [-0.39, 0.29) is 11.8 Å². The molecule has 0 radical (unpaired) electrons. The van der Waals surface area contributed by atoms with E-state index in [0.717, 1.165) is 17.7 Å². The summed E-state index contributed by atoms with van der Waals surface area (Å²) in [5.74, 6) is 0.0791. The van der Waals surface area contributed by atoms with Crippen molar-refractivity contribution in [3.05, 3.63) is 34.3 Å². The molecule has 1 aliphatic heterocycles. The molecule has 5 heteroatoms. The summed E-state index contributed by atoms with van der Waals surface area (Å²) >= 11 is 6.22. The Morgan fingerprint density at radius 1 is 1.55 bits per heavy atom. The molecule has 1 unspecified atom stereocenters. The highest BCUT2D eigenvalue weighted by Crippen LogP contribution is 2.24. The minimum atomic E-state index is -0.0471. The van der Waals surface area contributed by atoms with E-state index in [9.17, 15) is 4.79 Å². The molecule has 1 N–H and O–H groups in total. The van der Waals surface area contributed by atoms with Crippen molar-refractivity contribution >= 4 is 23.2 Å². The van der Waals surface area contributed by atoms with Crippen LogP contribution in [0.3, 0.4) is 0 Å². The van der Waals surface area contributed by atoms with Crippen LogP contribution < -0.4 is 0 Å². The van der Waals surface area contributed by atoms with Crippen LogP contribution in [-0.2, 0) is 0 Å². The highest BCUT2D eigenvalue weighted by atomic mass is 35.5. The number of nitrogens with zero attached hydrogens (tertiary/aromatic N) is 2. The van der Waals surface area contributed by atoms with E-state index >= 15 is 0 Å². The molecule has 1 fully saturated rings. The number of oxime groups is 1. The number of piperidine rings is 1. The molecule has 0 aromatic heterocycles. The van der Waals surface area contributed by atoms with Crippen LogP contribution in [0.25, 0.3) is 0 Å². The number of carbonyl (C=O) groups is 1. The van der Waals surface area contributed by atoms with Crippen LogP contribution in [0, 0.1) is 12.8 Å². The predicted molar refractivity (Wildman–Crippen MR) is 79.7 cm³/mol. The Hall–Kier alpha value is -1.55. The van der Waals surface area contributed by atoms with Crippen LogP contribution in [0.1, 0.15) is 35.7 Å². The van der Waals surface area contributed by atoms with E-state index in [1.165, 1.54) is 0 Å². The van der Waals surface area contributed by atoms with Crippen LogP contribution in [0.2, 0.25) is 5.02 Å². The first kappa shape index (κ1) is 14.9. The van der Waals surface area contributed by atoms with Crippen molar-refractivity contribution < 1.29 is 10.0 Å². The van der Waals surface area contributed by atoms with Gasteiger partial charge in [0.1, 0.15) is 0 Å². The van der Waals surface area contributed by atoms with Gasteiger partial charge in [0.05, 0.1) is 16.3 Å². The van der Waals surface area contributed by atoms with Crippen molar-refractivity contribution in [1.29, 1.82) is 0 Å². The third kappa shape index (κ3) is 2.80. The van der Waals surface area contributed by atoms with Gasteiger partial charge in [0.2, 0.25) is 0 Å². The van der Waals surface area contributed by atoms with E-state index in [0.29, 0.717) is 30.1 Å². The second kappa shape index (κ2) is 6.27. The maximum Gasteiger partial charge on any atom is 0.255 e. The fourth-order valence-electron chi connectivity index (χ4n) is 2.58. The Bertz CT molecular complexity index is 543. The zero-order valence-corrected chi connectivity index (χ0v) is 12.5. The van der Waals surface area contributed by atoms with Gasteiger partial charge in [-0.05, 0) is 25.0 Å². The number of carbonyl (C=O) groups excluding carboxylic acids is 1. The van der Waals surface area contributed by atoms with Crippen molar-refractivity contribution in [3.8, 4) is 0 Å². The fraction of sp³-hybridized carbons (Fsp3) is 0.467. The quantitative estimate of drug-likeness (QED) is 0.672. The number of aryl methyl sites for hydroxylation is 1. The van der Waals surface area contributed by atoms with Gasteiger partial charge in [0, 0.05) is 25.4 Å². The molecule has 20 heavy (non-hydrogen) atoms. The monoisotopic (exact) mass is 294 g/mol. The first-order chi connectivity index (χ1) is 9.58. The molecule has 2 rings (SSSR count). The smallest absolute Gasteiger partial charge is 0.255 e. The van der Waals surface area contributed by atoms with Crippen molar-refractivity contribution in [2.24, 2.45) is 11.1 Å². The van der Waals surface area contributed by atoms with Crippen LogP contribution >= 0.6 is 11.6 Å². The van der Waals surface area contributed by atoms with Crippen LogP contribution in [-0.4, -0.2) is 34.8 Å². The molecule has 1 amide bonds. The van der Waals surface area contributed by atoms with Gasteiger partial charge in [-0.2, -0.15) is 0 Å². The highest BCUT2D eigenvalue weighted by Gasteiger charge is 2.29. The summed E-state index contributed by atoms with van der Waals surface area (Å²) in [4.78, 5) is 14.4. The molecule has 1 saturated heterocycles. The minimum absolute atomic E-state index is 0.0471. The third-order valence-electron chi connectivity index (χ3n) is 3.88. The Morgan fingerprint density at radius 2 is 2.30 bits per heavy atom. The molecule has 108 valence electrons. The Morgan fingerprint density at radius 3 is 2.95 bits per heavy atom. The molecule has 4 nitrogen and oxygen atoms in total. The largest absolute Gasteiger partial charge is 0.411 e. The lowest BCUT2D eigenvalue weighted by molar-refractivity contribution is 0.0729. The Balaban J connectivity index is 2.20. The van der Waals surface area contributed by atoms with E-state index in [1.807, 2.05) is 26.0 Å². The summed E-state index contributed by atoms with van der Waals surface area (Å²) in [5, 5.41) is 12.8. The zero-order chi connectivity index (χ0) is 14.7. The molecule has 1 aromatic carbocycles. The lowest BCUT2D eigenvalue weighted by Gasteiger charge is -2.33. The summed E-state index contributed by atoms with van der Waals surface area (Å²) in [6.45, 7) is 5.07. The predicted octanol–water partition coefficient (Wildman–Crippen LogP) is 3.35. The maximum atomic E-state index is 12.6. The summed E-state index contributed by atoms with van der Waals surface area (Å²) < 4.78 is 0. The van der Waals surface area contributed by atoms with E-state index < -0.39 is 0 Å². The van der Waals surface area contributed by atoms with Gasteiger partial charge in [0.25, 0.3) is 5.91 Å². The first-order valence-electron chi connectivity index (χ1n) is 6.83. The average molecular weight is 295 g/mol.